The van der Waals surface area contributed by atoms with E-state index in [0.29, 0.717) is 28.7 Å². The van der Waals surface area contributed by atoms with E-state index in [0.717, 1.165) is 22.2 Å². The normalized spacial score (nSPS) is 30.0. The number of nitrogens with zero attached hydrogens (tertiary/aromatic N) is 2. The highest BCUT2D eigenvalue weighted by Crippen LogP contribution is 2.65. The fraction of sp³-hybridized carbons (Fsp3) is 0.364. The van der Waals surface area contributed by atoms with Crippen LogP contribution in [0.1, 0.15) is 47.9 Å². The number of hydrogen-bond acceptors (Lipinski definition) is 3. The lowest BCUT2D eigenvalue weighted by Crippen LogP contribution is -2.35. The number of benzene rings is 2. The van der Waals surface area contributed by atoms with Gasteiger partial charge >= 0.3 is 0 Å². The number of nitrogens with one attached hydrogen (secondary N) is 2. The summed E-state index contributed by atoms with van der Waals surface area (Å²) < 4.78 is 13.9. The van der Waals surface area contributed by atoms with Crippen LogP contribution in [0.2, 0.25) is 5.02 Å². The Morgan fingerprint density at radius 2 is 2.07 bits per heavy atom. The molecule has 2 bridgehead atoms. The van der Waals surface area contributed by atoms with Gasteiger partial charge in [0.2, 0.25) is 0 Å². The molecular weight excluding hydrogens is 375 g/mol. The topological polar surface area (TPSA) is 64.5 Å². The van der Waals surface area contributed by atoms with Gasteiger partial charge in [0, 0.05) is 5.39 Å². The van der Waals surface area contributed by atoms with Crippen LogP contribution in [0.5, 0.6) is 0 Å². The van der Waals surface area contributed by atoms with Crippen molar-refractivity contribution in [1.29, 1.82) is 5.26 Å². The molecular formula is C22H18ClFN4. The summed E-state index contributed by atoms with van der Waals surface area (Å²) in [5.74, 6) is 1.64. The average molecular weight is 393 g/mol. The number of nitriles is 1. The van der Waals surface area contributed by atoms with Crippen LogP contribution in [0.4, 0.5) is 10.1 Å². The van der Waals surface area contributed by atoms with Crippen LogP contribution < -0.4 is 5.32 Å². The third-order valence-electron chi connectivity index (χ3n) is 7.21. The summed E-state index contributed by atoms with van der Waals surface area (Å²) in [5, 5.41) is 22.1. The summed E-state index contributed by atoms with van der Waals surface area (Å²) in [7, 11) is 0. The van der Waals surface area contributed by atoms with Gasteiger partial charge in [0.05, 0.1) is 34.0 Å². The Morgan fingerprint density at radius 1 is 1.21 bits per heavy atom. The van der Waals surface area contributed by atoms with Gasteiger partial charge in [0.25, 0.3) is 0 Å². The number of rotatable bonds is 1. The van der Waals surface area contributed by atoms with E-state index in [9.17, 15) is 9.65 Å². The van der Waals surface area contributed by atoms with E-state index >= 15 is 0 Å². The third-order valence-corrected chi connectivity index (χ3v) is 7.50. The predicted molar refractivity (Wildman–Crippen MR) is 106 cm³/mol. The minimum absolute atomic E-state index is 0.0300. The molecule has 6 heteroatoms. The summed E-state index contributed by atoms with van der Waals surface area (Å²) in [6.45, 7) is 0. The number of halogens is 2. The molecule has 1 aliphatic heterocycles. The molecule has 4 nitrogen and oxygen atoms in total. The van der Waals surface area contributed by atoms with E-state index < -0.39 is 5.82 Å². The molecule has 0 radical (unpaired) electrons. The van der Waals surface area contributed by atoms with Crippen molar-refractivity contribution in [2.75, 3.05) is 5.32 Å². The first-order valence-corrected chi connectivity index (χ1v) is 10.1. The molecule has 6 rings (SSSR count). The van der Waals surface area contributed by atoms with Gasteiger partial charge in [-0.2, -0.15) is 10.4 Å². The molecule has 2 aromatic carbocycles. The molecule has 3 aromatic rings. The number of anilines is 1. The average Bonchev–Trinajstić information content (AvgIpc) is 3.44. The summed E-state index contributed by atoms with van der Waals surface area (Å²) in [4.78, 5) is 0. The van der Waals surface area contributed by atoms with E-state index in [4.69, 9.17) is 11.6 Å². The zero-order chi connectivity index (χ0) is 19.0. The van der Waals surface area contributed by atoms with Gasteiger partial charge in [-0.1, -0.05) is 17.7 Å². The van der Waals surface area contributed by atoms with Crippen molar-refractivity contribution >= 4 is 28.2 Å². The molecule has 2 N–H and O–H groups in total. The van der Waals surface area contributed by atoms with Crippen LogP contribution in [-0.4, -0.2) is 10.2 Å². The van der Waals surface area contributed by atoms with Crippen LogP contribution >= 0.6 is 11.6 Å². The van der Waals surface area contributed by atoms with Crippen molar-refractivity contribution in [2.45, 2.75) is 31.2 Å². The maximum absolute atomic E-state index is 13.9. The van der Waals surface area contributed by atoms with E-state index in [1.807, 2.05) is 24.4 Å². The van der Waals surface area contributed by atoms with Gasteiger partial charge in [-0.3, -0.25) is 5.10 Å². The lowest BCUT2D eigenvalue weighted by Gasteiger charge is -2.44. The maximum Gasteiger partial charge on any atom is 0.140 e. The SMILES string of the molecule is N#Cc1cc([C@@H]2Nc3c(Cl)cc4[nH]ncc4c3[C@H]3[C@@H]4CC[C@@H](C4)[C@H]32)ccc1F. The van der Waals surface area contributed by atoms with Gasteiger partial charge in [-0.05, 0) is 72.3 Å². The van der Waals surface area contributed by atoms with E-state index in [1.165, 1.54) is 30.9 Å². The second-order valence-corrected chi connectivity index (χ2v) is 8.79. The third kappa shape index (κ3) is 2.07. The standard InChI is InChI=1S/C22H18ClFN4/c23-15-7-17-14(9-26-28-17)20-18-10-1-2-11(5-10)19(18)21(27-22(15)20)12-3-4-16(24)13(6-12)8-25/h3-4,6-7,9-11,18-19,21,27H,1-2,5H2,(H,26,28)/t10-,11+,18+,19-,21+/m1/s1. The molecule has 2 aliphatic carbocycles. The first-order valence-electron chi connectivity index (χ1n) is 9.77. The van der Waals surface area contributed by atoms with Crippen LogP contribution in [0.15, 0.2) is 30.5 Å². The smallest absolute Gasteiger partial charge is 0.140 e. The Labute approximate surface area is 166 Å². The highest BCUT2D eigenvalue weighted by molar-refractivity contribution is 6.34. The molecule has 5 atom stereocenters. The molecule has 0 spiro atoms. The fourth-order valence-electron chi connectivity index (χ4n) is 6.20. The lowest BCUT2D eigenvalue weighted by molar-refractivity contribution is 0.249. The van der Waals surface area contributed by atoms with E-state index in [-0.39, 0.29) is 11.6 Å². The Hall–Kier alpha value is -2.58. The molecule has 28 heavy (non-hydrogen) atoms. The minimum atomic E-state index is -0.468. The largest absolute Gasteiger partial charge is 0.376 e. The highest BCUT2D eigenvalue weighted by atomic mass is 35.5. The zero-order valence-electron chi connectivity index (χ0n) is 15.0. The summed E-state index contributed by atoms with van der Waals surface area (Å²) in [5.41, 5.74) is 4.29. The maximum atomic E-state index is 13.9. The summed E-state index contributed by atoms with van der Waals surface area (Å²) >= 11 is 6.68. The quantitative estimate of drug-likeness (QED) is 0.572. The van der Waals surface area contributed by atoms with Gasteiger partial charge in [-0.15, -0.1) is 0 Å². The second kappa shape index (κ2) is 5.71. The Morgan fingerprint density at radius 3 is 2.93 bits per heavy atom. The number of H-pyrrole nitrogens is 1. The predicted octanol–water partition coefficient (Wildman–Crippen LogP) is 5.52. The van der Waals surface area contributed by atoms with Gasteiger partial charge in [0.1, 0.15) is 11.9 Å². The van der Waals surface area contributed by atoms with Gasteiger partial charge < -0.3 is 5.32 Å². The van der Waals surface area contributed by atoms with E-state index in [2.05, 4.69) is 15.5 Å². The van der Waals surface area contributed by atoms with Crippen molar-refractivity contribution in [3.8, 4) is 6.07 Å². The van der Waals surface area contributed by atoms with Gasteiger partial charge in [0.15, 0.2) is 0 Å². The second-order valence-electron chi connectivity index (χ2n) is 8.39. The highest BCUT2D eigenvalue weighted by Gasteiger charge is 2.54. The molecule has 1 aromatic heterocycles. The molecule has 2 fully saturated rings. The Balaban J connectivity index is 1.57. The summed E-state index contributed by atoms with van der Waals surface area (Å²) in [6.07, 6.45) is 5.61. The van der Waals surface area contributed by atoms with Crippen LogP contribution in [0.25, 0.3) is 10.9 Å². The van der Waals surface area contributed by atoms with E-state index in [1.54, 1.807) is 6.07 Å². The first-order chi connectivity index (χ1) is 13.7. The summed E-state index contributed by atoms with van der Waals surface area (Å²) in [6, 6.07) is 8.85. The molecule has 0 saturated heterocycles. The Bertz CT molecular complexity index is 1160. The lowest BCUT2D eigenvalue weighted by atomic mass is 9.67. The van der Waals surface area contributed by atoms with Crippen molar-refractivity contribution in [3.63, 3.8) is 0 Å². The molecule has 0 amide bonds. The molecule has 0 unspecified atom stereocenters. The molecule has 140 valence electrons. The molecule has 2 saturated carbocycles. The van der Waals surface area contributed by atoms with Crippen molar-refractivity contribution in [1.82, 2.24) is 10.2 Å². The van der Waals surface area contributed by atoms with Crippen LogP contribution in [0, 0.1) is 34.9 Å². The van der Waals surface area contributed by atoms with Crippen molar-refractivity contribution in [2.24, 2.45) is 17.8 Å². The number of hydrogen-bond donors (Lipinski definition) is 2. The Kier molecular flexibility index (Phi) is 3.34. The minimum Gasteiger partial charge on any atom is -0.376 e. The number of aromatic nitrogens is 2. The zero-order valence-corrected chi connectivity index (χ0v) is 15.8. The van der Waals surface area contributed by atoms with Gasteiger partial charge in [-0.25, -0.2) is 4.39 Å². The van der Waals surface area contributed by atoms with Crippen molar-refractivity contribution in [3.05, 3.63) is 58.0 Å². The van der Waals surface area contributed by atoms with Crippen LogP contribution in [0.3, 0.4) is 0 Å². The first kappa shape index (κ1) is 16.4. The monoisotopic (exact) mass is 392 g/mol. The fourth-order valence-corrected chi connectivity index (χ4v) is 6.46. The molecule has 3 aliphatic rings. The van der Waals surface area contributed by atoms with Crippen LogP contribution in [-0.2, 0) is 0 Å². The number of fused-ring (bicyclic) bond motifs is 9. The number of aromatic amines is 1. The van der Waals surface area contributed by atoms with Crippen molar-refractivity contribution < 1.29 is 4.39 Å². The molecule has 2 heterocycles.